The number of nitrogens with two attached hydrogens (primary N) is 1. The summed E-state index contributed by atoms with van der Waals surface area (Å²) in [5.74, 6) is 4.84. The smallest absolute Gasteiger partial charge is 0.275 e. The van der Waals surface area contributed by atoms with Crippen molar-refractivity contribution >= 4 is 28.8 Å². The lowest BCUT2D eigenvalue weighted by Crippen LogP contribution is -2.29. The van der Waals surface area contributed by atoms with Crippen molar-refractivity contribution in [3.05, 3.63) is 56.2 Å². The van der Waals surface area contributed by atoms with Crippen LogP contribution in [0, 0.1) is 6.92 Å². The zero-order chi connectivity index (χ0) is 14.5. The number of benzene rings is 1. The van der Waals surface area contributed by atoms with E-state index in [1.54, 1.807) is 0 Å². The highest BCUT2D eigenvalue weighted by molar-refractivity contribution is 7.14. The quantitative estimate of drug-likeness (QED) is 0.507. The van der Waals surface area contributed by atoms with E-state index >= 15 is 0 Å². The summed E-state index contributed by atoms with van der Waals surface area (Å²) in [5, 5.41) is 0.708. The highest BCUT2D eigenvalue weighted by Gasteiger charge is 2.11. The van der Waals surface area contributed by atoms with E-state index in [1.807, 2.05) is 37.3 Å². The van der Waals surface area contributed by atoms with Crippen molar-refractivity contribution in [1.29, 1.82) is 0 Å². The van der Waals surface area contributed by atoms with Crippen LogP contribution in [0.25, 0.3) is 0 Å². The molecule has 1 aromatic heterocycles. The number of carbonyl (C=O) groups is 1. The fourth-order valence-corrected chi connectivity index (χ4v) is 2.76. The van der Waals surface area contributed by atoms with Crippen molar-refractivity contribution < 1.29 is 9.53 Å². The summed E-state index contributed by atoms with van der Waals surface area (Å²) in [6.45, 7) is 2.92. The molecule has 6 heteroatoms. The molecular formula is C14H15ClN2O2S. The maximum atomic E-state index is 11.4. The van der Waals surface area contributed by atoms with Gasteiger partial charge in [-0.15, -0.1) is 11.3 Å². The Morgan fingerprint density at radius 1 is 1.35 bits per heavy atom. The summed E-state index contributed by atoms with van der Waals surface area (Å²) in [7, 11) is 0. The van der Waals surface area contributed by atoms with Gasteiger partial charge in [-0.2, -0.15) is 0 Å². The third-order valence-corrected chi connectivity index (χ3v) is 4.16. The maximum absolute atomic E-state index is 11.4. The molecule has 0 atom stereocenters. The Balaban J connectivity index is 1.92. The molecule has 2 rings (SSSR count). The average molecular weight is 311 g/mol. The molecule has 4 nitrogen and oxygen atoms in total. The number of nitrogens with one attached hydrogen (secondary N) is 1. The normalized spacial score (nSPS) is 10.6. The summed E-state index contributed by atoms with van der Waals surface area (Å²) in [6, 6.07) is 9.33. The molecule has 0 aliphatic heterocycles. The van der Waals surface area contributed by atoms with Crippen molar-refractivity contribution in [2.45, 2.75) is 20.1 Å². The van der Waals surface area contributed by atoms with Crippen molar-refractivity contribution in [2.24, 2.45) is 5.84 Å². The van der Waals surface area contributed by atoms with Crippen LogP contribution in [0.5, 0.6) is 0 Å². The third kappa shape index (κ3) is 3.80. The van der Waals surface area contributed by atoms with Crippen LogP contribution in [0.15, 0.2) is 30.3 Å². The molecule has 20 heavy (non-hydrogen) atoms. The lowest BCUT2D eigenvalue weighted by Gasteiger charge is -2.04. The van der Waals surface area contributed by atoms with Gasteiger partial charge in [0.05, 0.1) is 18.1 Å². The van der Waals surface area contributed by atoms with Gasteiger partial charge in [0, 0.05) is 9.90 Å². The van der Waals surface area contributed by atoms with E-state index in [0.717, 1.165) is 16.0 Å². The number of thiophene rings is 1. The number of amides is 1. The largest absolute Gasteiger partial charge is 0.372 e. The van der Waals surface area contributed by atoms with Gasteiger partial charge >= 0.3 is 0 Å². The van der Waals surface area contributed by atoms with Crippen molar-refractivity contribution in [1.82, 2.24) is 5.43 Å². The first kappa shape index (κ1) is 15.0. The molecule has 0 saturated heterocycles. The number of aryl methyl sites for hydroxylation is 1. The predicted molar refractivity (Wildman–Crippen MR) is 80.7 cm³/mol. The first-order chi connectivity index (χ1) is 9.60. The molecule has 1 amide bonds. The fraction of sp³-hybridized carbons (Fsp3) is 0.214. The number of hydrogen-bond donors (Lipinski definition) is 2. The Morgan fingerprint density at radius 3 is 2.70 bits per heavy atom. The Hall–Kier alpha value is -1.40. The molecule has 3 N–H and O–H groups in total. The molecule has 0 bridgehead atoms. The lowest BCUT2D eigenvalue weighted by atomic mass is 10.2. The Labute approximate surface area is 126 Å². The Kier molecular flexibility index (Phi) is 5.14. The van der Waals surface area contributed by atoms with Gasteiger partial charge in [-0.1, -0.05) is 23.7 Å². The maximum Gasteiger partial charge on any atom is 0.275 e. The zero-order valence-corrected chi connectivity index (χ0v) is 12.6. The van der Waals surface area contributed by atoms with Crippen LogP contribution in [-0.4, -0.2) is 5.91 Å². The second kappa shape index (κ2) is 6.85. The van der Waals surface area contributed by atoms with Crippen molar-refractivity contribution in [2.75, 3.05) is 0 Å². The summed E-state index contributed by atoms with van der Waals surface area (Å²) < 4.78 is 5.65. The van der Waals surface area contributed by atoms with Gasteiger partial charge in [-0.25, -0.2) is 5.84 Å². The molecule has 1 aromatic carbocycles. The van der Waals surface area contributed by atoms with E-state index < -0.39 is 0 Å². The van der Waals surface area contributed by atoms with Crippen LogP contribution in [0.3, 0.4) is 0 Å². The van der Waals surface area contributed by atoms with Gasteiger partial charge in [0.25, 0.3) is 5.91 Å². The number of nitrogen functional groups attached to an aromatic ring is 1. The van der Waals surface area contributed by atoms with E-state index in [0.29, 0.717) is 23.1 Å². The van der Waals surface area contributed by atoms with Crippen molar-refractivity contribution in [3.8, 4) is 0 Å². The number of halogens is 1. The van der Waals surface area contributed by atoms with Crippen molar-refractivity contribution in [3.63, 3.8) is 0 Å². The molecule has 0 radical (unpaired) electrons. The second-order valence-corrected chi connectivity index (χ2v) is 5.98. The van der Waals surface area contributed by atoms with E-state index in [1.165, 1.54) is 11.3 Å². The average Bonchev–Trinajstić information content (AvgIpc) is 2.82. The van der Waals surface area contributed by atoms with E-state index in [2.05, 4.69) is 5.43 Å². The molecule has 2 aromatic rings. The molecule has 106 valence electrons. The first-order valence-corrected chi connectivity index (χ1v) is 7.22. The highest BCUT2D eigenvalue weighted by atomic mass is 35.5. The summed E-state index contributed by atoms with van der Waals surface area (Å²) in [4.78, 5) is 13.1. The number of ether oxygens (including phenoxy) is 1. The molecule has 1 heterocycles. The van der Waals surface area contributed by atoms with E-state index in [-0.39, 0.29) is 5.91 Å². The standard InChI is InChI=1S/C14H15ClN2O2S/c1-9-11(6-13(20-9)14(18)17-16)8-19-7-10-2-4-12(15)5-3-10/h2-6H,7-8,16H2,1H3,(H,17,18). The Morgan fingerprint density at radius 2 is 2.05 bits per heavy atom. The second-order valence-electron chi connectivity index (χ2n) is 4.28. The summed E-state index contributed by atoms with van der Waals surface area (Å²) >= 11 is 7.23. The van der Waals surface area contributed by atoms with Crippen LogP contribution >= 0.6 is 22.9 Å². The monoisotopic (exact) mass is 310 g/mol. The number of carbonyl (C=O) groups excluding carboxylic acids is 1. The van der Waals surface area contributed by atoms with Crippen LogP contribution in [0.1, 0.15) is 25.7 Å². The summed E-state index contributed by atoms with van der Waals surface area (Å²) in [6.07, 6.45) is 0. The van der Waals surface area contributed by atoms with Gasteiger partial charge < -0.3 is 4.74 Å². The van der Waals surface area contributed by atoms with Crippen LogP contribution in [-0.2, 0) is 18.0 Å². The number of hydrazine groups is 1. The predicted octanol–water partition coefficient (Wildman–Crippen LogP) is 3.03. The van der Waals surface area contributed by atoms with Gasteiger partial charge in [-0.3, -0.25) is 10.2 Å². The molecular weight excluding hydrogens is 296 g/mol. The Bertz CT molecular complexity index is 596. The van der Waals surface area contributed by atoms with E-state index in [4.69, 9.17) is 22.2 Å². The SMILES string of the molecule is Cc1sc(C(=O)NN)cc1COCc1ccc(Cl)cc1. The van der Waals surface area contributed by atoms with Gasteiger partial charge in [0.2, 0.25) is 0 Å². The van der Waals surface area contributed by atoms with Crippen LogP contribution < -0.4 is 11.3 Å². The number of rotatable bonds is 5. The summed E-state index contributed by atoms with van der Waals surface area (Å²) in [5.41, 5.74) is 4.19. The fourth-order valence-electron chi connectivity index (χ4n) is 1.71. The molecule has 0 saturated carbocycles. The molecule has 0 aliphatic carbocycles. The van der Waals surface area contributed by atoms with Gasteiger partial charge in [-0.05, 0) is 36.2 Å². The van der Waals surface area contributed by atoms with Crippen LogP contribution in [0.2, 0.25) is 5.02 Å². The van der Waals surface area contributed by atoms with Gasteiger partial charge in [0.1, 0.15) is 0 Å². The van der Waals surface area contributed by atoms with Crippen LogP contribution in [0.4, 0.5) is 0 Å². The lowest BCUT2D eigenvalue weighted by molar-refractivity contribution is 0.0956. The first-order valence-electron chi connectivity index (χ1n) is 6.02. The minimum atomic E-state index is -0.276. The topological polar surface area (TPSA) is 64.4 Å². The molecule has 0 fully saturated rings. The number of hydrogen-bond acceptors (Lipinski definition) is 4. The third-order valence-electron chi connectivity index (χ3n) is 2.82. The van der Waals surface area contributed by atoms with E-state index in [9.17, 15) is 4.79 Å². The minimum Gasteiger partial charge on any atom is -0.372 e. The minimum absolute atomic E-state index is 0.276. The molecule has 0 spiro atoms. The zero-order valence-electron chi connectivity index (χ0n) is 11.0. The molecule has 0 aliphatic rings. The van der Waals surface area contributed by atoms with Gasteiger partial charge in [0.15, 0.2) is 0 Å². The highest BCUT2D eigenvalue weighted by Crippen LogP contribution is 2.22. The molecule has 0 unspecified atom stereocenters.